The Balaban J connectivity index is 1.75. The molecule has 6 nitrogen and oxygen atoms in total. The van der Waals surface area contributed by atoms with Crippen LogP contribution in [0, 0.1) is 6.92 Å². The fourth-order valence-electron chi connectivity index (χ4n) is 2.12. The third-order valence-electron chi connectivity index (χ3n) is 3.06. The highest BCUT2D eigenvalue weighted by atomic mass is 32.1. The van der Waals surface area contributed by atoms with Crippen LogP contribution in [0.5, 0.6) is 0 Å². The maximum atomic E-state index is 12.0. The quantitative estimate of drug-likeness (QED) is 0.801. The van der Waals surface area contributed by atoms with Gasteiger partial charge in [-0.15, -0.1) is 27.7 Å². The van der Waals surface area contributed by atoms with Gasteiger partial charge in [-0.25, -0.2) is 9.78 Å². The highest BCUT2D eigenvalue weighted by Crippen LogP contribution is 2.31. The Morgan fingerprint density at radius 3 is 2.73 bits per heavy atom. The molecule has 0 aliphatic carbocycles. The third kappa shape index (κ3) is 2.93. The number of nitrogens with zero attached hydrogens (tertiary/aromatic N) is 2. The molecule has 2 aromatic rings. The molecule has 0 bridgehead atoms. The van der Waals surface area contributed by atoms with Crippen LogP contribution in [0.4, 0.5) is 0 Å². The molecule has 0 N–H and O–H groups in total. The molecule has 8 heteroatoms. The lowest BCUT2D eigenvalue weighted by molar-refractivity contribution is -0.196. The average Bonchev–Trinajstić information content (AvgIpc) is 3.16. The summed E-state index contributed by atoms with van der Waals surface area (Å²) in [7, 11) is 0. The summed E-state index contributed by atoms with van der Waals surface area (Å²) >= 11 is 2.94. The van der Waals surface area contributed by atoms with Gasteiger partial charge in [0.25, 0.3) is 11.8 Å². The number of amides is 2. The molecule has 3 rings (SSSR count). The maximum absolute atomic E-state index is 12.0. The number of aromatic nitrogens is 1. The van der Waals surface area contributed by atoms with Crippen LogP contribution in [-0.4, -0.2) is 27.8 Å². The normalized spacial score (nSPS) is 14.7. The lowest BCUT2D eigenvalue weighted by atomic mass is 10.2. The second-order valence-corrected chi connectivity index (χ2v) is 6.94. The van der Waals surface area contributed by atoms with Crippen molar-refractivity contribution in [1.29, 1.82) is 0 Å². The molecule has 3 heterocycles. The van der Waals surface area contributed by atoms with E-state index in [1.54, 1.807) is 0 Å². The predicted octanol–water partition coefficient (Wildman–Crippen LogP) is 2.33. The van der Waals surface area contributed by atoms with E-state index in [4.69, 9.17) is 4.84 Å². The van der Waals surface area contributed by atoms with Gasteiger partial charge in [0.15, 0.2) is 0 Å². The van der Waals surface area contributed by atoms with Gasteiger partial charge >= 0.3 is 5.97 Å². The molecular formula is C14H12N2O4S2. The maximum Gasteiger partial charge on any atom is 0.338 e. The largest absolute Gasteiger partial charge is 0.338 e. The van der Waals surface area contributed by atoms with E-state index in [2.05, 4.69) is 4.98 Å². The van der Waals surface area contributed by atoms with E-state index in [0.717, 1.165) is 20.5 Å². The van der Waals surface area contributed by atoms with Crippen molar-refractivity contribution in [3.63, 3.8) is 0 Å². The first-order valence-electron chi connectivity index (χ1n) is 6.61. The van der Waals surface area contributed by atoms with Crippen LogP contribution in [0.25, 0.3) is 10.6 Å². The monoisotopic (exact) mass is 336 g/mol. The molecule has 1 fully saturated rings. The summed E-state index contributed by atoms with van der Waals surface area (Å²) < 4.78 is 0. The highest BCUT2D eigenvalue weighted by Gasteiger charge is 2.33. The van der Waals surface area contributed by atoms with Crippen molar-refractivity contribution in [2.75, 3.05) is 0 Å². The average molecular weight is 336 g/mol. The summed E-state index contributed by atoms with van der Waals surface area (Å²) in [5, 5.41) is 3.36. The Labute approximate surface area is 134 Å². The van der Waals surface area contributed by atoms with Gasteiger partial charge in [0, 0.05) is 17.7 Å². The van der Waals surface area contributed by atoms with Crippen molar-refractivity contribution < 1.29 is 19.2 Å². The van der Waals surface area contributed by atoms with Gasteiger partial charge in [0.1, 0.15) is 0 Å². The van der Waals surface area contributed by atoms with Crippen LogP contribution in [-0.2, 0) is 25.6 Å². The summed E-state index contributed by atoms with van der Waals surface area (Å²) in [6.07, 6.45) is 0.161. The lowest BCUT2D eigenvalue weighted by Crippen LogP contribution is -2.32. The molecule has 114 valence electrons. The smallest absolute Gasteiger partial charge is 0.330 e. The zero-order chi connectivity index (χ0) is 15.7. The van der Waals surface area contributed by atoms with E-state index in [1.165, 1.54) is 22.7 Å². The van der Waals surface area contributed by atoms with Gasteiger partial charge in [-0.1, -0.05) is 6.07 Å². The Kier molecular flexibility index (Phi) is 4.04. The minimum absolute atomic E-state index is 0.0181. The van der Waals surface area contributed by atoms with Crippen LogP contribution in [0.15, 0.2) is 17.5 Å². The van der Waals surface area contributed by atoms with E-state index in [9.17, 15) is 14.4 Å². The topological polar surface area (TPSA) is 76.6 Å². The van der Waals surface area contributed by atoms with Crippen LogP contribution < -0.4 is 0 Å². The zero-order valence-corrected chi connectivity index (χ0v) is 13.3. The number of thiophene rings is 1. The fourth-order valence-corrected chi connectivity index (χ4v) is 3.86. The SMILES string of the molecule is Cc1nc(-c2cccs2)c(CC(=O)ON2C(=O)CCC2=O)s1. The Bertz CT molecular complexity index is 720. The molecule has 1 saturated heterocycles. The van der Waals surface area contributed by atoms with Crippen LogP contribution in [0.2, 0.25) is 0 Å². The standard InChI is InChI=1S/C14H12N2O4S2/c1-8-15-14(9-3-2-6-21-9)10(22-8)7-13(19)20-16-11(17)4-5-12(16)18/h2-3,6H,4-5,7H2,1H3. The summed E-state index contributed by atoms with van der Waals surface area (Å²) in [4.78, 5) is 46.0. The van der Waals surface area contributed by atoms with Gasteiger partial charge in [0.2, 0.25) is 0 Å². The van der Waals surface area contributed by atoms with E-state index in [-0.39, 0.29) is 19.3 Å². The fraction of sp³-hybridized carbons (Fsp3) is 0.286. The van der Waals surface area contributed by atoms with E-state index in [0.29, 0.717) is 5.06 Å². The molecular weight excluding hydrogens is 324 g/mol. The van der Waals surface area contributed by atoms with Crippen molar-refractivity contribution in [1.82, 2.24) is 10.0 Å². The van der Waals surface area contributed by atoms with Crippen LogP contribution in [0.1, 0.15) is 22.7 Å². The van der Waals surface area contributed by atoms with Crippen molar-refractivity contribution in [2.24, 2.45) is 0 Å². The van der Waals surface area contributed by atoms with Gasteiger partial charge in [0.05, 0.1) is 22.0 Å². The first kappa shape index (κ1) is 14.9. The number of hydrogen-bond acceptors (Lipinski definition) is 7. The van der Waals surface area contributed by atoms with Crippen molar-refractivity contribution >= 4 is 40.5 Å². The molecule has 0 spiro atoms. The summed E-state index contributed by atoms with van der Waals surface area (Å²) in [5.41, 5.74) is 0.758. The zero-order valence-electron chi connectivity index (χ0n) is 11.7. The molecule has 0 radical (unpaired) electrons. The Morgan fingerprint density at radius 1 is 1.36 bits per heavy atom. The molecule has 1 aliphatic heterocycles. The van der Waals surface area contributed by atoms with Gasteiger partial charge < -0.3 is 4.84 Å². The molecule has 0 aromatic carbocycles. The van der Waals surface area contributed by atoms with Crippen molar-refractivity contribution in [2.45, 2.75) is 26.2 Å². The van der Waals surface area contributed by atoms with Gasteiger partial charge in [-0.2, -0.15) is 0 Å². The van der Waals surface area contributed by atoms with Crippen LogP contribution in [0.3, 0.4) is 0 Å². The molecule has 1 aliphatic rings. The number of imide groups is 1. The number of hydroxylamine groups is 2. The van der Waals surface area contributed by atoms with E-state index in [1.807, 2.05) is 24.4 Å². The molecule has 0 unspecified atom stereocenters. The summed E-state index contributed by atoms with van der Waals surface area (Å²) in [5.74, 6) is -1.58. The molecule has 22 heavy (non-hydrogen) atoms. The first-order chi connectivity index (χ1) is 10.5. The number of carbonyl (C=O) groups is 3. The van der Waals surface area contributed by atoms with Crippen LogP contribution >= 0.6 is 22.7 Å². The second kappa shape index (κ2) is 5.98. The number of thiazole rings is 1. The Morgan fingerprint density at radius 2 is 2.09 bits per heavy atom. The number of aryl methyl sites for hydroxylation is 1. The second-order valence-electron chi connectivity index (χ2n) is 4.70. The third-order valence-corrected chi connectivity index (χ3v) is 4.91. The minimum atomic E-state index is -0.634. The minimum Gasteiger partial charge on any atom is -0.330 e. The number of rotatable bonds is 4. The number of carbonyl (C=O) groups excluding carboxylic acids is 3. The number of hydrogen-bond donors (Lipinski definition) is 0. The first-order valence-corrected chi connectivity index (χ1v) is 8.31. The molecule has 2 amide bonds. The van der Waals surface area contributed by atoms with Gasteiger partial charge in [-0.05, 0) is 18.4 Å². The summed E-state index contributed by atoms with van der Waals surface area (Å²) in [6, 6.07) is 3.85. The van der Waals surface area contributed by atoms with Gasteiger partial charge in [-0.3, -0.25) is 9.59 Å². The highest BCUT2D eigenvalue weighted by molar-refractivity contribution is 7.15. The van der Waals surface area contributed by atoms with Crippen molar-refractivity contribution in [3.05, 3.63) is 27.4 Å². The Hall–Kier alpha value is -2.06. The van der Waals surface area contributed by atoms with Crippen molar-refractivity contribution in [3.8, 4) is 10.6 Å². The van der Waals surface area contributed by atoms with E-state index < -0.39 is 17.8 Å². The molecule has 0 atom stereocenters. The molecule has 2 aromatic heterocycles. The molecule has 0 saturated carbocycles. The summed E-state index contributed by atoms with van der Waals surface area (Å²) in [6.45, 7) is 1.87. The predicted molar refractivity (Wildman–Crippen MR) is 81.0 cm³/mol. The van der Waals surface area contributed by atoms with E-state index >= 15 is 0 Å². The lowest BCUT2D eigenvalue weighted by Gasteiger charge is -2.12.